The molecular formula is C16H20N4O4S. The van der Waals surface area contributed by atoms with Crippen molar-refractivity contribution in [3.8, 4) is 0 Å². The maximum Gasteiger partial charge on any atom is 0.341 e. The van der Waals surface area contributed by atoms with Crippen molar-refractivity contribution in [3.63, 3.8) is 0 Å². The fourth-order valence-electron chi connectivity index (χ4n) is 2.18. The number of esters is 1. The molecule has 2 rings (SSSR count). The number of anilines is 1. The summed E-state index contributed by atoms with van der Waals surface area (Å²) in [6, 6.07) is 0. The van der Waals surface area contributed by atoms with E-state index >= 15 is 0 Å². The molecule has 25 heavy (non-hydrogen) atoms. The Bertz CT molecular complexity index is 809. The number of hydrogen-bond acceptors (Lipinski definition) is 6. The van der Waals surface area contributed by atoms with Gasteiger partial charge in [0, 0.05) is 12.7 Å². The van der Waals surface area contributed by atoms with Crippen molar-refractivity contribution in [3.05, 3.63) is 34.0 Å². The molecule has 0 spiro atoms. The van der Waals surface area contributed by atoms with Gasteiger partial charge in [-0.2, -0.15) is 5.10 Å². The minimum absolute atomic E-state index is 0.156. The quantitative estimate of drug-likeness (QED) is 0.731. The van der Waals surface area contributed by atoms with Crippen molar-refractivity contribution in [2.45, 2.75) is 33.7 Å². The van der Waals surface area contributed by atoms with Gasteiger partial charge in [-0.05, 0) is 25.8 Å². The van der Waals surface area contributed by atoms with Crippen LogP contribution >= 0.6 is 11.3 Å². The van der Waals surface area contributed by atoms with Crippen LogP contribution in [0.5, 0.6) is 0 Å². The van der Waals surface area contributed by atoms with Gasteiger partial charge in [0.25, 0.3) is 11.8 Å². The molecule has 134 valence electrons. The van der Waals surface area contributed by atoms with Gasteiger partial charge in [0.15, 0.2) is 0 Å². The summed E-state index contributed by atoms with van der Waals surface area (Å²) in [6.45, 7) is 6.25. The summed E-state index contributed by atoms with van der Waals surface area (Å²) in [7, 11) is 0. The number of hydrogen-bond donors (Lipinski definition) is 2. The van der Waals surface area contributed by atoms with Crippen LogP contribution in [0.2, 0.25) is 0 Å². The predicted octanol–water partition coefficient (Wildman–Crippen LogP) is 2.19. The lowest BCUT2D eigenvalue weighted by atomic mass is 10.1. The number of nitrogens with two attached hydrogens (primary N) is 1. The van der Waals surface area contributed by atoms with E-state index in [0.717, 1.165) is 11.3 Å². The smallest absolute Gasteiger partial charge is 0.341 e. The molecular weight excluding hydrogens is 344 g/mol. The summed E-state index contributed by atoms with van der Waals surface area (Å²) in [5, 5.41) is 6.93. The standard InChI is InChI=1S/C16H20N4O4S/c1-4-6-24-16(23)11-9(3)12(13(17)21)25-15(11)19-14(22)10-7-18-20(5-2)8-10/h7-8H,4-6H2,1-3H3,(H2,17,21)(H,19,22). The number of nitrogens with zero attached hydrogens (tertiary/aromatic N) is 2. The molecule has 0 aliphatic carbocycles. The van der Waals surface area contributed by atoms with Gasteiger partial charge in [0.2, 0.25) is 0 Å². The Balaban J connectivity index is 2.34. The molecule has 2 aromatic heterocycles. The Morgan fingerprint density at radius 1 is 1.36 bits per heavy atom. The zero-order valence-corrected chi connectivity index (χ0v) is 15.1. The Kier molecular flexibility index (Phi) is 5.92. The number of nitrogens with one attached hydrogen (secondary N) is 1. The molecule has 2 heterocycles. The van der Waals surface area contributed by atoms with Gasteiger partial charge in [0.05, 0.1) is 28.8 Å². The molecule has 8 nitrogen and oxygen atoms in total. The van der Waals surface area contributed by atoms with Crippen molar-refractivity contribution in [2.24, 2.45) is 5.73 Å². The van der Waals surface area contributed by atoms with Crippen molar-refractivity contribution in [1.82, 2.24) is 9.78 Å². The molecule has 0 radical (unpaired) electrons. The van der Waals surface area contributed by atoms with Crippen LogP contribution < -0.4 is 11.1 Å². The maximum atomic E-state index is 12.4. The molecule has 2 amide bonds. The van der Waals surface area contributed by atoms with Crippen LogP contribution in [0.3, 0.4) is 0 Å². The predicted molar refractivity (Wildman–Crippen MR) is 94.0 cm³/mol. The van der Waals surface area contributed by atoms with Gasteiger partial charge in [-0.1, -0.05) is 6.92 Å². The SMILES string of the molecule is CCCOC(=O)c1c(NC(=O)c2cnn(CC)c2)sc(C(N)=O)c1C. The minimum Gasteiger partial charge on any atom is -0.462 e. The van der Waals surface area contributed by atoms with Crippen LogP contribution in [-0.4, -0.2) is 34.2 Å². The van der Waals surface area contributed by atoms with E-state index in [1.165, 1.54) is 6.20 Å². The number of carbonyl (C=O) groups is 3. The monoisotopic (exact) mass is 364 g/mol. The van der Waals surface area contributed by atoms with Gasteiger partial charge in [0.1, 0.15) is 5.00 Å². The van der Waals surface area contributed by atoms with E-state index in [1.807, 2.05) is 13.8 Å². The first-order chi connectivity index (χ1) is 11.9. The van der Waals surface area contributed by atoms with E-state index in [-0.39, 0.29) is 22.0 Å². The highest BCUT2D eigenvalue weighted by Crippen LogP contribution is 2.33. The lowest BCUT2D eigenvalue weighted by molar-refractivity contribution is 0.0506. The molecule has 0 aliphatic rings. The Morgan fingerprint density at radius 3 is 2.64 bits per heavy atom. The normalized spacial score (nSPS) is 10.5. The summed E-state index contributed by atoms with van der Waals surface area (Å²) in [5.74, 6) is -1.68. The second-order valence-electron chi connectivity index (χ2n) is 5.30. The third-order valence-corrected chi connectivity index (χ3v) is 4.68. The summed E-state index contributed by atoms with van der Waals surface area (Å²) in [5.41, 5.74) is 6.26. The summed E-state index contributed by atoms with van der Waals surface area (Å²) < 4.78 is 6.76. The summed E-state index contributed by atoms with van der Waals surface area (Å²) >= 11 is 0.957. The molecule has 2 aromatic rings. The van der Waals surface area contributed by atoms with E-state index in [2.05, 4.69) is 10.4 Å². The van der Waals surface area contributed by atoms with E-state index in [4.69, 9.17) is 10.5 Å². The molecule has 0 fully saturated rings. The average molecular weight is 364 g/mol. The maximum absolute atomic E-state index is 12.4. The summed E-state index contributed by atoms with van der Waals surface area (Å²) in [4.78, 5) is 36.5. The third kappa shape index (κ3) is 4.05. The minimum atomic E-state index is -0.661. The van der Waals surface area contributed by atoms with E-state index < -0.39 is 17.8 Å². The van der Waals surface area contributed by atoms with E-state index in [0.29, 0.717) is 24.1 Å². The molecule has 0 saturated heterocycles. The Labute approximate surface area is 149 Å². The fraction of sp³-hybridized carbons (Fsp3) is 0.375. The number of amides is 2. The van der Waals surface area contributed by atoms with E-state index in [9.17, 15) is 14.4 Å². The first-order valence-corrected chi connectivity index (χ1v) is 8.64. The number of primary amides is 1. The fourth-order valence-corrected chi connectivity index (χ4v) is 3.22. The molecule has 0 aliphatic heterocycles. The zero-order valence-electron chi connectivity index (χ0n) is 14.3. The second kappa shape index (κ2) is 7.93. The van der Waals surface area contributed by atoms with Crippen molar-refractivity contribution >= 4 is 34.1 Å². The third-order valence-electron chi connectivity index (χ3n) is 3.46. The van der Waals surface area contributed by atoms with Crippen molar-refractivity contribution < 1.29 is 19.1 Å². The van der Waals surface area contributed by atoms with Gasteiger partial charge < -0.3 is 15.8 Å². The topological polar surface area (TPSA) is 116 Å². The highest BCUT2D eigenvalue weighted by Gasteiger charge is 2.26. The van der Waals surface area contributed by atoms with Crippen LogP contribution in [0, 0.1) is 6.92 Å². The lowest BCUT2D eigenvalue weighted by Crippen LogP contribution is -2.15. The molecule has 0 aromatic carbocycles. The van der Waals surface area contributed by atoms with Crippen molar-refractivity contribution in [1.29, 1.82) is 0 Å². The van der Waals surface area contributed by atoms with E-state index in [1.54, 1.807) is 17.8 Å². The van der Waals surface area contributed by atoms with Crippen LogP contribution in [0.15, 0.2) is 12.4 Å². The average Bonchev–Trinajstić information content (AvgIpc) is 3.17. The van der Waals surface area contributed by atoms with Crippen LogP contribution in [0.25, 0.3) is 0 Å². The number of rotatable bonds is 7. The van der Waals surface area contributed by atoms with Gasteiger partial charge in [-0.25, -0.2) is 4.79 Å². The van der Waals surface area contributed by atoms with Crippen LogP contribution in [-0.2, 0) is 11.3 Å². The number of aromatic nitrogens is 2. The largest absolute Gasteiger partial charge is 0.462 e. The zero-order chi connectivity index (χ0) is 18.6. The first kappa shape index (κ1) is 18.7. The van der Waals surface area contributed by atoms with Crippen molar-refractivity contribution in [2.75, 3.05) is 11.9 Å². The van der Waals surface area contributed by atoms with Gasteiger partial charge in [-0.3, -0.25) is 14.3 Å². The summed E-state index contributed by atoms with van der Waals surface area (Å²) in [6.07, 6.45) is 3.69. The Hall–Kier alpha value is -2.68. The lowest BCUT2D eigenvalue weighted by Gasteiger charge is -2.07. The highest BCUT2D eigenvalue weighted by molar-refractivity contribution is 7.18. The Morgan fingerprint density at radius 2 is 2.08 bits per heavy atom. The molecule has 0 atom stereocenters. The number of aryl methyl sites for hydroxylation is 1. The van der Waals surface area contributed by atoms with Gasteiger partial charge in [-0.15, -0.1) is 11.3 Å². The number of thiophene rings is 1. The molecule has 0 bridgehead atoms. The molecule has 3 N–H and O–H groups in total. The second-order valence-corrected chi connectivity index (χ2v) is 6.32. The van der Waals surface area contributed by atoms with Gasteiger partial charge >= 0.3 is 5.97 Å². The number of ether oxygens (including phenoxy) is 1. The van der Waals surface area contributed by atoms with Crippen LogP contribution in [0.1, 0.15) is 56.2 Å². The molecule has 0 unspecified atom stereocenters. The van der Waals surface area contributed by atoms with Crippen LogP contribution in [0.4, 0.5) is 5.00 Å². The molecule has 0 saturated carbocycles. The first-order valence-electron chi connectivity index (χ1n) is 7.83. The number of carbonyl (C=O) groups excluding carboxylic acids is 3. The molecule has 9 heteroatoms. The highest BCUT2D eigenvalue weighted by atomic mass is 32.1.